The normalized spacial score (nSPS) is 10.4. The molecular weight excluding hydrogens is 315 g/mol. The average Bonchev–Trinajstić information content (AvgIpc) is 2.43. The van der Waals surface area contributed by atoms with E-state index in [4.69, 9.17) is 4.74 Å². The van der Waals surface area contributed by atoms with Crippen LogP contribution in [-0.4, -0.2) is 12.6 Å². The van der Waals surface area contributed by atoms with Crippen LogP contribution in [0.15, 0.2) is 36.4 Å². The van der Waals surface area contributed by atoms with Crippen molar-refractivity contribution in [1.29, 1.82) is 0 Å². The van der Waals surface area contributed by atoms with Crippen molar-refractivity contribution in [2.75, 3.05) is 6.61 Å². The molecule has 0 aromatic heterocycles. The van der Waals surface area contributed by atoms with Gasteiger partial charge in [-0.15, -0.1) is 0 Å². The van der Waals surface area contributed by atoms with Crippen LogP contribution in [0.1, 0.15) is 17.3 Å². The summed E-state index contributed by atoms with van der Waals surface area (Å²) in [5.74, 6) is -0.242. The second kappa shape index (κ2) is 4.82. The highest BCUT2D eigenvalue weighted by Gasteiger charge is 2.20. The fourth-order valence-corrected chi connectivity index (χ4v) is 2.51. The van der Waals surface area contributed by atoms with Gasteiger partial charge < -0.3 is 4.74 Å². The van der Waals surface area contributed by atoms with Crippen molar-refractivity contribution in [3.63, 3.8) is 0 Å². The number of halogens is 1. The standard InChI is InChI=1S/C13H11IO2/c1-2-16-13(15)12-10-7-5-3-4-6-9(10)8-11(12)14/h3-8H,2H2,1H3. The molecule has 0 radical (unpaired) electrons. The molecule has 16 heavy (non-hydrogen) atoms. The van der Waals surface area contributed by atoms with Gasteiger partial charge in [-0.2, -0.15) is 0 Å². The predicted octanol–water partition coefficient (Wildman–Crippen LogP) is 3.57. The van der Waals surface area contributed by atoms with Crippen molar-refractivity contribution in [3.05, 3.63) is 45.5 Å². The Hall–Kier alpha value is -1.10. The van der Waals surface area contributed by atoms with Gasteiger partial charge in [0.05, 0.1) is 12.2 Å². The Bertz CT molecular complexity index is 494. The molecule has 0 saturated carbocycles. The second-order valence-electron chi connectivity index (χ2n) is 3.37. The molecule has 0 aliphatic heterocycles. The number of hydrogen-bond acceptors (Lipinski definition) is 2. The maximum absolute atomic E-state index is 11.8. The van der Waals surface area contributed by atoms with Crippen LogP contribution < -0.4 is 0 Å². The number of carbonyl (C=O) groups excluding carboxylic acids is 1. The predicted molar refractivity (Wildman–Crippen MR) is 71.7 cm³/mol. The zero-order chi connectivity index (χ0) is 11.5. The summed E-state index contributed by atoms with van der Waals surface area (Å²) in [6.07, 6.45) is 0. The van der Waals surface area contributed by atoms with E-state index in [0.717, 1.165) is 14.7 Å². The molecule has 0 amide bonds. The zero-order valence-corrected chi connectivity index (χ0v) is 11.0. The molecule has 0 aromatic rings. The third-order valence-corrected chi connectivity index (χ3v) is 3.19. The topological polar surface area (TPSA) is 26.3 Å². The van der Waals surface area contributed by atoms with Gasteiger partial charge in [0.2, 0.25) is 0 Å². The highest BCUT2D eigenvalue weighted by molar-refractivity contribution is 14.1. The van der Waals surface area contributed by atoms with Gasteiger partial charge in [-0.05, 0) is 46.7 Å². The third-order valence-electron chi connectivity index (χ3n) is 2.34. The minimum Gasteiger partial charge on any atom is -0.462 e. The Morgan fingerprint density at radius 1 is 1.31 bits per heavy atom. The summed E-state index contributed by atoms with van der Waals surface area (Å²) in [4.78, 5) is 11.8. The molecule has 0 bridgehead atoms. The summed E-state index contributed by atoms with van der Waals surface area (Å²) in [7, 11) is 0. The lowest BCUT2D eigenvalue weighted by Gasteiger charge is -2.02. The van der Waals surface area contributed by atoms with Crippen molar-refractivity contribution >= 4 is 28.6 Å². The Labute approximate surface area is 108 Å². The maximum Gasteiger partial charge on any atom is 0.339 e. The van der Waals surface area contributed by atoms with Crippen LogP contribution in [0.2, 0.25) is 0 Å². The van der Waals surface area contributed by atoms with E-state index in [9.17, 15) is 4.79 Å². The first-order valence-corrected chi connectivity index (χ1v) is 6.16. The fourth-order valence-electron chi connectivity index (χ4n) is 1.66. The Morgan fingerprint density at radius 3 is 2.81 bits per heavy atom. The smallest absolute Gasteiger partial charge is 0.339 e. The number of rotatable bonds is 2. The van der Waals surface area contributed by atoms with Crippen molar-refractivity contribution in [1.82, 2.24) is 0 Å². The van der Waals surface area contributed by atoms with Gasteiger partial charge in [-0.1, -0.05) is 30.3 Å². The molecule has 0 heterocycles. The molecule has 2 aliphatic rings. The van der Waals surface area contributed by atoms with Crippen molar-refractivity contribution < 1.29 is 9.53 Å². The van der Waals surface area contributed by atoms with E-state index in [2.05, 4.69) is 22.6 Å². The summed E-state index contributed by atoms with van der Waals surface area (Å²) < 4.78 is 6.00. The number of esters is 1. The molecular formula is C13H11IO2. The zero-order valence-electron chi connectivity index (χ0n) is 8.87. The monoisotopic (exact) mass is 326 g/mol. The maximum atomic E-state index is 11.8. The first kappa shape index (κ1) is 11.4. The quantitative estimate of drug-likeness (QED) is 0.623. The van der Waals surface area contributed by atoms with Crippen LogP contribution in [0.5, 0.6) is 0 Å². The van der Waals surface area contributed by atoms with Gasteiger partial charge in [0, 0.05) is 3.57 Å². The second-order valence-corrected chi connectivity index (χ2v) is 4.53. The highest BCUT2D eigenvalue weighted by atomic mass is 127. The summed E-state index contributed by atoms with van der Waals surface area (Å²) >= 11 is 2.17. The van der Waals surface area contributed by atoms with Crippen molar-refractivity contribution in [2.45, 2.75) is 6.92 Å². The molecule has 0 unspecified atom stereocenters. The molecule has 0 atom stereocenters. The Kier molecular flexibility index (Phi) is 3.43. The van der Waals surface area contributed by atoms with Gasteiger partial charge in [-0.25, -0.2) is 4.79 Å². The van der Waals surface area contributed by atoms with Crippen LogP contribution in [-0.2, 0) is 4.74 Å². The molecule has 2 rings (SSSR count). The lowest BCUT2D eigenvalue weighted by Crippen LogP contribution is -2.05. The summed E-state index contributed by atoms with van der Waals surface area (Å²) in [6.45, 7) is 2.22. The van der Waals surface area contributed by atoms with E-state index in [-0.39, 0.29) is 5.97 Å². The van der Waals surface area contributed by atoms with E-state index in [1.54, 1.807) is 0 Å². The van der Waals surface area contributed by atoms with Gasteiger partial charge in [-0.3, -0.25) is 0 Å². The number of carbonyl (C=O) groups is 1. The van der Waals surface area contributed by atoms with Gasteiger partial charge in [0.15, 0.2) is 0 Å². The van der Waals surface area contributed by atoms with Crippen molar-refractivity contribution in [3.8, 4) is 11.1 Å². The molecule has 0 fully saturated rings. The minimum absolute atomic E-state index is 0.242. The molecule has 0 N–H and O–H groups in total. The molecule has 2 nitrogen and oxygen atoms in total. The average molecular weight is 326 g/mol. The molecule has 0 saturated heterocycles. The van der Waals surface area contributed by atoms with E-state index >= 15 is 0 Å². The molecule has 0 aromatic carbocycles. The Morgan fingerprint density at radius 2 is 2.06 bits per heavy atom. The van der Waals surface area contributed by atoms with Crippen LogP contribution in [0.25, 0.3) is 11.1 Å². The number of hydrogen-bond donors (Lipinski definition) is 0. The van der Waals surface area contributed by atoms with Crippen LogP contribution in [0, 0.1) is 3.57 Å². The molecule has 82 valence electrons. The van der Waals surface area contributed by atoms with Crippen LogP contribution in [0.4, 0.5) is 0 Å². The van der Waals surface area contributed by atoms with Crippen LogP contribution in [0.3, 0.4) is 0 Å². The molecule has 3 heteroatoms. The lowest BCUT2D eigenvalue weighted by atomic mass is 10.1. The van der Waals surface area contributed by atoms with E-state index in [1.807, 2.05) is 43.3 Å². The fraction of sp³-hybridized carbons (Fsp3) is 0.154. The summed E-state index contributed by atoms with van der Waals surface area (Å²) in [5.41, 5.74) is 2.69. The van der Waals surface area contributed by atoms with Crippen molar-refractivity contribution in [2.24, 2.45) is 0 Å². The minimum atomic E-state index is -0.242. The number of fused-ring (bicyclic) bond motifs is 1. The van der Waals surface area contributed by atoms with Gasteiger partial charge >= 0.3 is 5.97 Å². The lowest BCUT2D eigenvalue weighted by molar-refractivity contribution is 0.0526. The summed E-state index contributed by atoms with van der Waals surface area (Å²) in [6, 6.07) is 11.8. The van der Waals surface area contributed by atoms with Gasteiger partial charge in [0.25, 0.3) is 0 Å². The number of ether oxygens (including phenoxy) is 1. The SMILES string of the molecule is CCOC(=O)c1c(I)cc2cccccc1-2. The largest absolute Gasteiger partial charge is 0.462 e. The Balaban J connectivity index is 2.56. The van der Waals surface area contributed by atoms with E-state index in [0.29, 0.717) is 12.2 Å². The van der Waals surface area contributed by atoms with E-state index < -0.39 is 0 Å². The first-order chi connectivity index (χ1) is 7.74. The third kappa shape index (κ3) is 2.04. The molecule has 0 spiro atoms. The van der Waals surface area contributed by atoms with E-state index in [1.165, 1.54) is 0 Å². The highest BCUT2D eigenvalue weighted by Crippen LogP contribution is 2.32. The first-order valence-electron chi connectivity index (χ1n) is 5.08. The summed E-state index contributed by atoms with van der Waals surface area (Å²) in [5, 5.41) is 0. The van der Waals surface area contributed by atoms with Gasteiger partial charge in [0.1, 0.15) is 0 Å². The van der Waals surface area contributed by atoms with Crippen LogP contribution >= 0.6 is 22.6 Å². The molecule has 2 aliphatic carbocycles.